The predicted molar refractivity (Wildman–Crippen MR) is 101 cm³/mol. The largest absolute Gasteiger partial charge is 0.454 e. The molecule has 9 heteroatoms. The summed E-state index contributed by atoms with van der Waals surface area (Å²) in [6, 6.07) is 15.0. The number of amides is 1. The number of fused-ring (bicyclic) bond motifs is 1. The maximum Gasteiger partial charge on any atom is 0.263 e. The van der Waals surface area contributed by atoms with E-state index >= 15 is 0 Å². The molecule has 0 bridgehead atoms. The monoisotopic (exact) mass is 376 g/mol. The molecule has 140 valence electrons. The molecule has 0 unspecified atom stereocenters. The molecule has 0 radical (unpaired) electrons. The first-order chi connectivity index (χ1) is 13.8. The van der Waals surface area contributed by atoms with Crippen molar-refractivity contribution in [3.63, 3.8) is 0 Å². The van der Waals surface area contributed by atoms with E-state index < -0.39 is 0 Å². The lowest BCUT2D eigenvalue weighted by molar-refractivity contribution is -0.122. The van der Waals surface area contributed by atoms with Crippen molar-refractivity contribution in [2.45, 2.75) is 6.54 Å². The van der Waals surface area contributed by atoms with Crippen molar-refractivity contribution >= 4 is 18.2 Å². The van der Waals surface area contributed by atoms with E-state index in [0.717, 1.165) is 16.9 Å². The molecular weight excluding hydrogens is 360 g/mol. The van der Waals surface area contributed by atoms with Gasteiger partial charge in [0.1, 0.15) is 6.54 Å². The van der Waals surface area contributed by atoms with E-state index in [0.29, 0.717) is 11.6 Å². The Morgan fingerprint density at radius 2 is 2.04 bits per heavy atom. The number of aromatic nitrogens is 4. The summed E-state index contributed by atoms with van der Waals surface area (Å²) in [5, 5.41) is 15.9. The molecule has 4 rings (SSSR count). The lowest BCUT2D eigenvalue weighted by Crippen LogP contribution is -2.24. The highest BCUT2D eigenvalue weighted by molar-refractivity contribution is 5.81. The number of carbonyl (C=O) groups is 1. The van der Waals surface area contributed by atoms with E-state index in [9.17, 15) is 4.79 Å². The number of hydrogen-bond acceptors (Lipinski definition) is 7. The van der Waals surface area contributed by atoms with Gasteiger partial charge in [0.05, 0.1) is 0 Å². The highest BCUT2D eigenvalue weighted by Gasteiger charge is 2.12. The molecule has 0 atom stereocenters. The van der Waals surface area contributed by atoms with E-state index in [-0.39, 0.29) is 19.2 Å². The van der Waals surface area contributed by atoms with Gasteiger partial charge in [-0.25, -0.2) is 5.43 Å². The first-order valence-electron chi connectivity index (χ1n) is 8.49. The van der Waals surface area contributed by atoms with Crippen LogP contribution in [0.1, 0.15) is 5.56 Å². The average molecular weight is 376 g/mol. The molecule has 1 aromatic heterocycles. The smallest absolute Gasteiger partial charge is 0.263 e. The zero-order valence-electron chi connectivity index (χ0n) is 14.7. The zero-order chi connectivity index (χ0) is 19.2. The Morgan fingerprint density at radius 1 is 1.18 bits per heavy atom. The standard InChI is InChI=1S/C19H16N6O3/c26-18(12-25-23-19(22-24-25)15-6-2-1-3-7-15)21-20-10-4-5-14-8-9-16-17(11-14)28-13-27-16/h1-11H,12-13H2,(H,21,26)/b5-4+,20-10-. The number of hydrazone groups is 1. The summed E-state index contributed by atoms with van der Waals surface area (Å²) in [6.07, 6.45) is 5.02. The van der Waals surface area contributed by atoms with E-state index in [4.69, 9.17) is 9.47 Å². The molecule has 0 aliphatic carbocycles. The van der Waals surface area contributed by atoms with E-state index in [1.165, 1.54) is 11.0 Å². The minimum absolute atomic E-state index is 0.0803. The number of rotatable bonds is 6. The summed E-state index contributed by atoms with van der Waals surface area (Å²) in [5.41, 5.74) is 4.18. The van der Waals surface area contributed by atoms with Gasteiger partial charge in [-0.05, 0) is 29.0 Å². The fourth-order valence-electron chi connectivity index (χ4n) is 2.50. The summed E-state index contributed by atoms with van der Waals surface area (Å²) in [5.74, 6) is 1.55. The first kappa shape index (κ1) is 17.4. The third kappa shape index (κ3) is 4.21. The van der Waals surface area contributed by atoms with Gasteiger partial charge in [-0.15, -0.1) is 10.2 Å². The van der Waals surface area contributed by atoms with Crippen molar-refractivity contribution in [1.82, 2.24) is 25.6 Å². The molecule has 1 amide bonds. The van der Waals surface area contributed by atoms with Crippen molar-refractivity contribution in [2.75, 3.05) is 6.79 Å². The van der Waals surface area contributed by atoms with Crippen LogP contribution < -0.4 is 14.9 Å². The SMILES string of the molecule is O=C(Cn1nnc(-c2ccccc2)n1)N/N=C\C=C\c1ccc2c(c1)OCO2. The number of ether oxygens (including phenoxy) is 2. The van der Waals surface area contributed by atoms with Crippen LogP contribution in [0.25, 0.3) is 17.5 Å². The van der Waals surface area contributed by atoms with Gasteiger partial charge in [-0.3, -0.25) is 4.79 Å². The van der Waals surface area contributed by atoms with Gasteiger partial charge in [0, 0.05) is 11.8 Å². The zero-order valence-corrected chi connectivity index (χ0v) is 14.7. The summed E-state index contributed by atoms with van der Waals surface area (Å²) in [6.45, 7) is 0.159. The van der Waals surface area contributed by atoms with Crippen LogP contribution in [-0.4, -0.2) is 39.1 Å². The number of nitrogens with one attached hydrogen (secondary N) is 1. The van der Waals surface area contributed by atoms with E-state index in [2.05, 4.69) is 25.9 Å². The van der Waals surface area contributed by atoms with Gasteiger partial charge >= 0.3 is 0 Å². The second kappa shape index (κ2) is 8.12. The number of nitrogens with zero attached hydrogens (tertiary/aromatic N) is 5. The molecule has 1 N–H and O–H groups in total. The highest BCUT2D eigenvalue weighted by atomic mass is 16.7. The van der Waals surface area contributed by atoms with Crippen LogP contribution >= 0.6 is 0 Å². The highest BCUT2D eigenvalue weighted by Crippen LogP contribution is 2.32. The maximum atomic E-state index is 11.9. The van der Waals surface area contributed by atoms with Crippen molar-refractivity contribution in [2.24, 2.45) is 5.10 Å². The lowest BCUT2D eigenvalue weighted by Gasteiger charge is -1.98. The van der Waals surface area contributed by atoms with Crippen LogP contribution in [0.2, 0.25) is 0 Å². The third-order valence-corrected chi connectivity index (χ3v) is 3.81. The predicted octanol–water partition coefficient (Wildman–Crippen LogP) is 1.88. The van der Waals surface area contributed by atoms with Gasteiger partial charge < -0.3 is 9.47 Å². The van der Waals surface area contributed by atoms with Crippen molar-refractivity contribution in [3.8, 4) is 22.9 Å². The van der Waals surface area contributed by atoms with Crippen LogP contribution in [0.15, 0.2) is 59.7 Å². The Hall–Kier alpha value is -4.01. The summed E-state index contributed by atoms with van der Waals surface area (Å²) < 4.78 is 10.6. The Labute approximate surface area is 160 Å². The van der Waals surface area contributed by atoms with E-state index in [1.54, 1.807) is 6.08 Å². The molecular formula is C19H16N6O3. The molecule has 2 heterocycles. The van der Waals surface area contributed by atoms with Crippen molar-refractivity contribution < 1.29 is 14.3 Å². The van der Waals surface area contributed by atoms with Crippen LogP contribution in [0, 0.1) is 0 Å². The number of allylic oxidation sites excluding steroid dienone is 1. The van der Waals surface area contributed by atoms with Crippen LogP contribution in [0.4, 0.5) is 0 Å². The minimum atomic E-state index is -0.357. The van der Waals surface area contributed by atoms with Gasteiger partial charge in [0.25, 0.3) is 5.91 Å². The van der Waals surface area contributed by atoms with Crippen LogP contribution in [0.5, 0.6) is 11.5 Å². The molecule has 1 aliphatic rings. The Kier molecular flexibility index (Phi) is 5.05. The first-order valence-corrected chi connectivity index (χ1v) is 8.49. The lowest BCUT2D eigenvalue weighted by atomic mass is 10.2. The quantitative estimate of drug-likeness (QED) is 0.520. The molecule has 9 nitrogen and oxygen atoms in total. The Balaban J connectivity index is 1.27. The third-order valence-electron chi connectivity index (χ3n) is 3.81. The van der Waals surface area contributed by atoms with Gasteiger partial charge in [0.2, 0.25) is 12.6 Å². The Bertz CT molecular complexity index is 1030. The number of hydrogen-bond donors (Lipinski definition) is 1. The normalized spacial score (nSPS) is 12.7. The molecule has 0 saturated carbocycles. The van der Waals surface area contributed by atoms with Gasteiger partial charge in [0.15, 0.2) is 11.5 Å². The molecule has 0 saturated heterocycles. The number of carbonyl (C=O) groups excluding carboxylic acids is 1. The second-order valence-electron chi connectivity index (χ2n) is 5.79. The fourth-order valence-corrected chi connectivity index (χ4v) is 2.50. The maximum absolute atomic E-state index is 11.9. The van der Waals surface area contributed by atoms with Crippen molar-refractivity contribution in [1.29, 1.82) is 0 Å². The number of tetrazole rings is 1. The van der Waals surface area contributed by atoms with Crippen LogP contribution in [0.3, 0.4) is 0 Å². The molecule has 2 aromatic carbocycles. The second-order valence-corrected chi connectivity index (χ2v) is 5.79. The summed E-state index contributed by atoms with van der Waals surface area (Å²) >= 11 is 0. The molecule has 3 aromatic rings. The van der Waals surface area contributed by atoms with Gasteiger partial charge in [-0.2, -0.15) is 9.90 Å². The molecule has 28 heavy (non-hydrogen) atoms. The summed E-state index contributed by atoms with van der Waals surface area (Å²) in [7, 11) is 0. The van der Waals surface area contributed by atoms with Crippen molar-refractivity contribution in [3.05, 3.63) is 60.2 Å². The van der Waals surface area contributed by atoms with Crippen LogP contribution in [-0.2, 0) is 11.3 Å². The molecule has 0 spiro atoms. The fraction of sp³-hybridized carbons (Fsp3) is 0.105. The topological polar surface area (TPSA) is 104 Å². The molecule has 1 aliphatic heterocycles. The minimum Gasteiger partial charge on any atom is -0.454 e. The van der Waals surface area contributed by atoms with E-state index in [1.807, 2.05) is 54.6 Å². The summed E-state index contributed by atoms with van der Waals surface area (Å²) in [4.78, 5) is 13.1. The average Bonchev–Trinajstić information content (AvgIpc) is 3.37. The van der Waals surface area contributed by atoms with Gasteiger partial charge in [-0.1, -0.05) is 42.5 Å². The molecule has 0 fully saturated rings. The number of benzene rings is 2. The Morgan fingerprint density at radius 3 is 2.93 bits per heavy atom.